The van der Waals surface area contributed by atoms with Gasteiger partial charge in [0.15, 0.2) is 0 Å². The van der Waals surface area contributed by atoms with Crippen molar-refractivity contribution in [1.29, 1.82) is 0 Å². The third-order valence-corrected chi connectivity index (χ3v) is 13.4. The number of nitrogens with zero attached hydrogens (tertiary/aromatic N) is 1. The van der Waals surface area contributed by atoms with Gasteiger partial charge < -0.3 is 15.5 Å². The molecule has 7 rings (SSSR count). The lowest BCUT2D eigenvalue weighted by Crippen LogP contribution is -2.41. The normalized spacial score (nSPS) is 25.9. The molecule has 0 aromatic heterocycles. The third kappa shape index (κ3) is 8.17. The molecule has 2 atom stereocenters. The largest absolute Gasteiger partial charge is 0.507 e. The first-order valence-electron chi connectivity index (χ1n) is 20.6. The standard InChI is InChI=1S/C44H64N2O2/c47-43-37(25-35(31-15-5-1-6-16-31)27-39(43)33-19-9-3-10-20-33)29-45-41-23-13-14-24-42(41)46-30-38-26-36(32-17-7-2-8-18-32)28-40(44(38)48)34-21-11-4-12-22-34/h25-29,31-34,41-42,46-48H,1-24,30H2/t41-,42+/m1/s1. The average Bonchev–Trinajstić information content (AvgIpc) is 3.16. The average molecular weight is 653 g/mol. The summed E-state index contributed by atoms with van der Waals surface area (Å²) in [7, 11) is 0. The number of hydrogen-bond acceptors (Lipinski definition) is 4. The summed E-state index contributed by atoms with van der Waals surface area (Å²) < 4.78 is 0. The van der Waals surface area contributed by atoms with Crippen LogP contribution in [0.1, 0.15) is 211 Å². The lowest BCUT2D eigenvalue weighted by molar-refractivity contribution is 0.326. The van der Waals surface area contributed by atoms with Crippen molar-refractivity contribution in [2.75, 3.05) is 0 Å². The first kappa shape index (κ1) is 34.1. The number of benzene rings is 2. The Kier molecular flexibility index (Phi) is 11.8. The van der Waals surface area contributed by atoms with E-state index in [-0.39, 0.29) is 12.1 Å². The molecule has 48 heavy (non-hydrogen) atoms. The van der Waals surface area contributed by atoms with Gasteiger partial charge in [-0.05, 0) is 116 Å². The van der Waals surface area contributed by atoms with Gasteiger partial charge in [0.25, 0.3) is 0 Å². The topological polar surface area (TPSA) is 64.9 Å². The van der Waals surface area contributed by atoms with E-state index in [1.165, 1.54) is 164 Å². The molecule has 0 heterocycles. The van der Waals surface area contributed by atoms with Crippen molar-refractivity contribution in [2.24, 2.45) is 4.99 Å². The number of aromatic hydroxyl groups is 2. The summed E-state index contributed by atoms with van der Waals surface area (Å²) in [5.74, 6) is 3.30. The summed E-state index contributed by atoms with van der Waals surface area (Å²) in [5, 5.41) is 27.3. The van der Waals surface area contributed by atoms with Crippen LogP contribution in [0.3, 0.4) is 0 Å². The van der Waals surface area contributed by atoms with E-state index in [1.807, 2.05) is 6.21 Å². The summed E-state index contributed by atoms with van der Waals surface area (Å²) >= 11 is 0. The SMILES string of the molecule is Oc1c(C=N[C@@H]2CCCC[C@@H]2NCc2cc(C3CCCCC3)cc(C3CCCCC3)c2O)cc(C2CCCCC2)cc1C1CCCCC1. The van der Waals surface area contributed by atoms with E-state index in [0.29, 0.717) is 41.7 Å². The molecule has 3 N–H and O–H groups in total. The van der Waals surface area contributed by atoms with Gasteiger partial charge in [0.1, 0.15) is 11.5 Å². The van der Waals surface area contributed by atoms with Gasteiger partial charge in [-0.3, -0.25) is 4.99 Å². The summed E-state index contributed by atoms with van der Waals surface area (Å²) in [4.78, 5) is 5.27. The summed E-state index contributed by atoms with van der Waals surface area (Å²) in [5.41, 5.74) is 7.38. The van der Waals surface area contributed by atoms with Crippen molar-refractivity contribution in [3.63, 3.8) is 0 Å². The Morgan fingerprint density at radius 3 is 1.54 bits per heavy atom. The van der Waals surface area contributed by atoms with E-state index in [1.54, 1.807) is 0 Å². The molecule has 0 bridgehead atoms. The molecule has 0 radical (unpaired) electrons. The molecular formula is C44H64N2O2. The minimum Gasteiger partial charge on any atom is -0.507 e. The molecule has 2 aromatic rings. The number of hydrogen-bond donors (Lipinski definition) is 3. The zero-order chi connectivity index (χ0) is 32.7. The molecule has 4 heteroatoms. The molecule has 4 nitrogen and oxygen atoms in total. The van der Waals surface area contributed by atoms with Gasteiger partial charge in [-0.15, -0.1) is 0 Å². The van der Waals surface area contributed by atoms with Crippen LogP contribution in [0.2, 0.25) is 0 Å². The number of rotatable bonds is 9. The first-order valence-corrected chi connectivity index (χ1v) is 20.6. The fourth-order valence-corrected chi connectivity index (χ4v) is 10.4. The smallest absolute Gasteiger partial charge is 0.127 e. The molecule has 0 aliphatic heterocycles. The van der Waals surface area contributed by atoms with E-state index in [4.69, 9.17) is 4.99 Å². The highest BCUT2D eigenvalue weighted by atomic mass is 16.3. The minimum absolute atomic E-state index is 0.191. The maximum atomic E-state index is 11.7. The maximum absolute atomic E-state index is 11.7. The van der Waals surface area contributed by atoms with Gasteiger partial charge in [-0.1, -0.05) is 108 Å². The van der Waals surface area contributed by atoms with Crippen LogP contribution in [-0.2, 0) is 6.54 Å². The van der Waals surface area contributed by atoms with Crippen LogP contribution < -0.4 is 5.32 Å². The molecule has 2 aromatic carbocycles. The molecule has 5 fully saturated rings. The van der Waals surface area contributed by atoms with Crippen LogP contribution in [-0.4, -0.2) is 28.5 Å². The molecule has 262 valence electrons. The maximum Gasteiger partial charge on any atom is 0.127 e. The number of phenols is 2. The second-order valence-electron chi connectivity index (χ2n) is 16.6. The Morgan fingerprint density at radius 2 is 0.979 bits per heavy atom. The Labute approximate surface area is 291 Å². The highest BCUT2D eigenvalue weighted by molar-refractivity contribution is 5.85. The van der Waals surface area contributed by atoms with Crippen molar-refractivity contribution >= 4 is 6.21 Å². The van der Waals surface area contributed by atoms with Crippen molar-refractivity contribution in [3.05, 3.63) is 57.6 Å². The van der Waals surface area contributed by atoms with Gasteiger partial charge in [0, 0.05) is 29.9 Å². The Hall–Kier alpha value is -2.33. The molecule has 0 amide bonds. The summed E-state index contributed by atoms with van der Waals surface area (Å²) in [6.07, 6.45) is 32.4. The lowest BCUT2D eigenvalue weighted by atomic mass is 9.78. The van der Waals surface area contributed by atoms with Gasteiger partial charge in [0.05, 0.1) is 6.04 Å². The lowest BCUT2D eigenvalue weighted by Gasteiger charge is -2.31. The predicted molar refractivity (Wildman–Crippen MR) is 200 cm³/mol. The van der Waals surface area contributed by atoms with Crippen molar-refractivity contribution in [3.8, 4) is 11.5 Å². The minimum atomic E-state index is 0.191. The second-order valence-corrected chi connectivity index (χ2v) is 16.6. The van der Waals surface area contributed by atoms with Crippen molar-refractivity contribution < 1.29 is 10.2 Å². The summed E-state index contributed by atoms with van der Waals surface area (Å²) in [6, 6.07) is 9.91. The second kappa shape index (κ2) is 16.6. The van der Waals surface area contributed by atoms with Gasteiger partial charge in [-0.25, -0.2) is 0 Å². The molecule has 0 saturated heterocycles. The van der Waals surface area contributed by atoms with E-state index in [0.717, 1.165) is 24.0 Å². The van der Waals surface area contributed by atoms with E-state index < -0.39 is 0 Å². The highest BCUT2D eigenvalue weighted by Crippen LogP contribution is 2.44. The molecule has 0 spiro atoms. The monoisotopic (exact) mass is 652 g/mol. The predicted octanol–water partition coefficient (Wildman–Crippen LogP) is 11.8. The Bertz CT molecular complexity index is 1360. The van der Waals surface area contributed by atoms with E-state index in [9.17, 15) is 10.2 Å². The zero-order valence-electron chi connectivity index (χ0n) is 29.9. The highest BCUT2D eigenvalue weighted by Gasteiger charge is 2.28. The Balaban J connectivity index is 1.11. The third-order valence-electron chi connectivity index (χ3n) is 13.4. The molecular weight excluding hydrogens is 588 g/mol. The van der Waals surface area contributed by atoms with Gasteiger partial charge in [-0.2, -0.15) is 0 Å². The van der Waals surface area contributed by atoms with Crippen LogP contribution in [0.4, 0.5) is 0 Å². The van der Waals surface area contributed by atoms with Crippen molar-refractivity contribution in [1.82, 2.24) is 5.32 Å². The fourth-order valence-electron chi connectivity index (χ4n) is 10.4. The van der Waals surface area contributed by atoms with Gasteiger partial charge >= 0.3 is 0 Å². The van der Waals surface area contributed by atoms with Crippen LogP contribution in [0.5, 0.6) is 11.5 Å². The van der Waals surface area contributed by atoms with Crippen LogP contribution in [0, 0.1) is 0 Å². The van der Waals surface area contributed by atoms with Crippen LogP contribution in [0.15, 0.2) is 29.3 Å². The zero-order valence-corrected chi connectivity index (χ0v) is 29.9. The van der Waals surface area contributed by atoms with Crippen LogP contribution >= 0.6 is 0 Å². The summed E-state index contributed by atoms with van der Waals surface area (Å²) in [6.45, 7) is 0.705. The van der Waals surface area contributed by atoms with Gasteiger partial charge in [0.2, 0.25) is 0 Å². The molecule has 5 aliphatic carbocycles. The Morgan fingerprint density at radius 1 is 0.521 bits per heavy atom. The first-order chi connectivity index (χ1) is 23.6. The fraction of sp³-hybridized carbons (Fsp3) is 0.705. The number of phenolic OH excluding ortho intramolecular Hbond substituents is 2. The van der Waals surface area contributed by atoms with E-state index >= 15 is 0 Å². The van der Waals surface area contributed by atoms with Crippen molar-refractivity contribution in [2.45, 2.75) is 196 Å². The quantitative estimate of drug-likeness (QED) is 0.236. The molecule has 5 saturated carbocycles. The molecule has 0 unspecified atom stereocenters. The van der Waals surface area contributed by atoms with Crippen LogP contribution in [0.25, 0.3) is 0 Å². The van der Waals surface area contributed by atoms with E-state index in [2.05, 4.69) is 29.6 Å². The number of nitrogens with one attached hydrogen (secondary N) is 1. The number of aliphatic imine (C=N–C) groups is 1. The molecule has 5 aliphatic rings.